The van der Waals surface area contributed by atoms with Gasteiger partial charge in [0.05, 0.1) is 11.0 Å². The van der Waals surface area contributed by atoms with E-state index in [2.05, 4.69) is 6.58 Å². The molecule has 0 amide bonds. The smallest absolute Gasteiger partial charge is 0.189 e. The van der Waals surface area contributed by atoms with Crippen molar-refractivity contribution in [2.75, 3.05) is 0 Å². The standard InChI is InChI=1S/C15H24O2S/c1-6-9-10-14(7-2)17-18(16)15(8-3)12-11-13(4)5/h6,8-9,11-12,14H,4,7,10H2,1-3,5H3/b9-6-,12-11-,15-8+. The molecule has 0 spiro atoms. The van der Waals surface area contributed by atoms with Gasteiger partial charge < -0.3 is 0 Å². The zero-order valence-corrected chi connectivity index (χ0v) is 12.6. The Kier molecular flexibility index (Phi) is 9.52. The average Bonchev–Trinajstić information content (AvgIpc) is 2.34. The van der Waals surface area contributed by atoms with Crippen molar-refractivity contribution in [3.63, 3.8) is 0 Å². The summed E-state index contributed by atoms with van der Waals surface area (Å²) in [4.78, 5) is 0.678. The molecule has 0 aromatic heterocycles. The lowest BCUT2D eigenvalue weighted by atomic mass is 10.2. The largest absolute Gasteiger partial charge is 0.283 e. The Hall–Kier alpha value is -0.930. The minimum atomic E-state index is -1.41. The Morgan fingerprint density at radius 1 is 1.39 bits per heavy atom. The molecule has 0 bridgehead atoms. The normalized spacial score (nSPS) is 16.3. The maximum Gasteiger partial charge on any atom is 0.189 e. The molecule has 2 unspecified atom stereocenters. The average molecular weight is 268 g/mol. The van der Waals surface area contributed by atoms with E-state index < -0.39 is 11.1 Å². The number of rotatable bonds is 8. The van der Waals surface area contributed by atoms with Crippen LogP contribution in [0.4, 0.5) is 0 Å². The highest BCUT2D eigenvalue weighted by Crippen LogP contribution is 2.14. The van der Waals surface area contributed by atoms with Crippen LogP contribution in [0, 0.1) is 0 Å². The van der Waals surface area contributed by atoms with E-state index in [1.54, 1.807) is 12.2 Å². The summed E-state index contributed by atoms with van der Waals surface area (Å²) in [6, 6.07) is 0. The van der Waals surface area contributed by atoms with E-state index >= 15 is 0 Å². The van der Waals surface area contributed by atoms with Gasteiger partial charge in [0.1, 0.15) is 0 Å². The summed E-state index contributed by atoms with van der Waals surface area (Å²) < 4.78 is 17.6. The lowest BCUT2D eigenvalue weighted by Crippen LogP contribution is -2.13. The molecular weight excluding hydrogens is 244 g/mol. The quantitative estimate of drug-likeness (QED) is 0.480. The van der Waals surface area contributed by atoms with Crippen LogP contribution in [-0.4, -0.2) is 10.3 Å². The Morgan fingerprint density at radius 2 is 2.06 bits per heavy atom. The van der Waals surface area contributed by atoms with Gasteiger partial charge in [-0.3, -0.25) is 4.18 Å². The van der Waals surface area contributed by atoms with Gasteiger partial charge in [0.25, 0.3) is 0 Å². The van der Waals surface area contributed by atoms with Crippen molar-refractivity contribution in [3.05, 3.63) is 47.4 Å². The van der Waals surface area contributed by atoms with Crippen LogP contribution in [-0.2, 0) is 15.3 Å². The molecule has 2 nitrogen and oxygen atoms in total. The third kappa shape index (κ3) is 7.41. The first-order chi connectivity index (χ1) is 8.54. The lowest BCUT2D eigenvalue weighted by Gasteiger charge is -2.13. The van der Waals surface area contributed by atoms with Crippen LogP contribution in [0.5, 0.6) is 0 Å². The molecule has 0 aliphatic rings. The molecule has 2 atom stereocenters. The molecule has 0 aromatic rings. The molecule has 0 saturated carbocycles. The minimum Gasteiger partial charge on any atom is -0.283 e. The van der Waals surface area contributed by atoms with Crippen molar-refractivity contribution in [1.29, 1.82) is 0 Å². The van der Waals surface area contributed by atoms with Crippen LogP contribution >= 0.6 is 0 Å². The Bertz CT molecular complexity index is 365. The molecule has 0 aliphatic carbocycles. The molecule has 0 aromatic carbocycles. The molecule has 0 aliphatic heterocycles. The van der Waals surface area contributed by atoms with E-state index in [4.69, 9.17) is 4.18 Å². The highest BCUT2D eigenvalue weighted by molar-refractivity contribution is 7.84. The summed E-state index contributed by atoms with van der Waals surface area (Å²) in [5, 5.41) is 0. The highest BCUT2D eigenvalue weighted by atomic mass is 32.2. The molecule has 102 valence electrons. The predicted molar refractivity (Wildman–Crippen MR) is 80.4 cm³/mol. The van der Waals surface area contributed by atoms with E-state index in [9.17, 15) is 4.21 Å². The van der Waals surface area contributed by atoms with Crippen LogP contribution in [0.3, 0.4) is 0 Å². The second-order valence-electron chi connectivity index (χ2n) is 4.04. The fourth-order valence-corrected chi connectivity index (χ4v) is 2.16. The predicted octanol–water partition coefficient (Wildman–Crippen LogP) is 4.45. The molecule has 0 radical (unpaired) electrons. The SMILES string of the molecule is C=C(C)/C=C\C(=C/C)S(=O)OC(CC)C/C=C\C. The summed E-state index contributed by atoms with van der Waals surface area (Å²) in [7, 11) is 0. The van der Waals surface area contributed by atoms with Crippen molar-refractivity contribution in [3.8, 4) is 0 Å². The van der Waals surface area contributed by atoms with Crippen LogP contribution in [0.25, 0.3) is 0 Å². The monoisotopic (exact) mass is 268 g/mol. The van der Waals surface area contributed by atoms with Gasteiger partial charge in [-0.1, -0.05) is 43.4 Å². The second-order valence-corrected chi connectivity index (χ2v) is 5.17. The fraction of sp³-hybridized carbons (Fsp3) is 0.467. The highest BCUT2D eigenvalue weighted by Gasteiger charge is 2.12. The Labute approximate surface area is 114 Å². The van der Waals surface area contributed by atoms with E-state index in [0.29, 0.717) is 4.91 Å². The van der Waals surface area contributed by atoms with Gasteiger partial charge in [-0.05, 0) is 39.7 Å². The van der Waals surface area contributed by atoms with Crippen molar-refractivity contribution >= 4 is 11.1 Å². The van der Waals surface area contributed by atoms with Crippen LogP contribution in [0.2, 0.25) is 0 Å². The van der Waals surface area contributed by atoms with Gasteiger partial charge in [-0.25, -0.2) is 4.21 Å². The third-order valence-electron chi connectivity index (χ3n) is 2.32. The molecule has 0 fully saturated rings. The number of hydrogen-bond acceptors (Lipinski definition) is 2. The maximum absolute atomic E-state index is 12.0. The molecular formula is C15H24O2S. The van der Waals surface area contributed by atoms with Crippen molar-refractivity contribution in [2.45, 2.75) is 46.6 Å². The van der Waals surface area contributed by atoms with Crippen LogP contribution in [0.1, 0.15) is 40.5 Å². The molecule has 18 heavy (non-hydrogen) atoms. The van der Waals surface area contributed by atoms with E-state index in [1.807, 2.05) is 45.9 Å². The second kappa shape index (κ2) is 10.0. The summed E-state index contributed by atoms with van der Waals surface area (Å²) in [5.74, 6) is 0. The van der Waals surface area contributed by atoms with Crippen LogP contribution in [0.15, 0.2) is 47.4 Å². The zero-order valence-electron chi connectivity index (χ0n) is 11.8. The van der Waals surface area contributed by atoms with Gasteiger partial charge in [-0.2, -0.15) is 0 Å². The van der Waals surface area contributed by atoms with E-state index in [1.165, 1.54) is 0 Å². The summed E-state index contributed by atoms with van der Waals surface area (Å²) in [5.41, 5.74) is 0.923. The van der Waals surface area contributed by atoms with Gasteiger partial charge in [0, 0.05) is 0 Å². The topological polar surface area (TPSA) is 26.3 Å². The van der Waals surface area contributed by atoms with Gasteiger partial charge >= 0.3 is 0 Å². The van der Waals surface area contributed by atoms with E-state index in [0.717, 1.165) is 18.4 Å². The fourth-order valence-electron chi connectivity index (χ4n) is 1.21. The van der Waals surface area contributed by atoms with Gasteiger partial charge in [0.15, 0.2) is 11.1 Å². The zero-order chi connectivity index (χ0) is 14.0. The van der Waals surface area contributed by atoms with E-state index in [-0.39, 0.29) is 6.10 Å². The first kappa shape index (κ1) is 17.1. The number of allylic oxidation sites excluding steroid dienone is 5. The van der Waals surface area contributed by atoms with Crippen molar-refractivity contribution < 1.29 is 8.39 Å². The first-order valence-electron chi connectivity index (χ1n) is 6.25. The summed E-state index contributed by atoms with van der Waals surface area (Å²) >= 11 is -1.41. The third-order valence-corrected chi connectivity index (χ3v) is 3.53. The maximum atomic E-state index is 12.0. The summed E-state index contributed by atoms with van der Waals surface area (Å²) in [6.07, 6.45) is 11.1. The Balaban J connectivity index is 4.56. The molecule has 3 heteroatoms. The van der Waals surface area contributed by atoms with Crippen molar-refractivity contribution in [1.82, 2.24) is 0 Å². The molecule has 0 N–H and O–H groups in total. The molecule has 0 heterocycles. The van der Waals surface area contributed by atoms with Crippen LogP contribution < -0.4 is 0 Å². The van der Waals surface area contributed by atoms with Gasteiger partial charge in [0.2, 0.25) is 0 Å². The van der Waals surface area contributed by atoms with Gasteiger partial charge in [-0.15, -0.1) is 0 Å². The minimum absolute atomic E-state index is 0.00443. The summed E-state index contributed by atoms with van der Waals surface area (Å²) in [6.45, 7) is 11.5. The molecule has 0 rings (SSSR count). The van der Waals surface area contributed by atoms with Crippen molar-refractivity contribution in [2.24, 2.45) is 0 Å². The Morgan fingerprint density at radius 3 is 2.50 bits per heavy atom. The first-order valence-corrected chi connectivity index (χ1v) is 7.32. The lowest BCUT2D eigenvalue weighted by molar-refractivity contribution is 0.226. The molecule has 0 saturated heterocycles. The number of hydrogen-bond donors (Lipinski definition) is 0.